The summed E-state index contributed by atoms with van der Waals surface area (Å²) >= 11 is 19.6. The number of anilines is 1. The smallest absolute Gasteiger partial charge is 0.387 e. The first-order valence-electron chi connectivity index (χ1n) is 22.0. The second kappa shape index (κ2) is 42.7. The molecule has 6 atom stereocenters. The quantitative estimate of drug-likeness (QED) is 0.0111. The Labute approximate surface area is 470 Å². The number of cyclic esters (lactones) is 1. The fourth-order valence-electron chi connectivity index (χ4n) is 5.07. The highest BCUT2D eigenvalue weighted by atomic mass is 36.0. The van der Waals surface area contributed by atoms with Crippen molar-refractivity contribution in [2.45, 2.75) is 106 Å². The van der Waals surface area contributed by atoms with Crippen LogP contribution >= 0.6 is 62.9 Å². The topological polar surface area (TPSA) is 426 Å². The molecule has 5 aromatic heterocycles. The van der Waals surface area contributed by atoms with Gasteiger partial charge in [0.05, 0.1) is 85.6 Å². The van der Waals surface area contributed by atoms with E-state index in [1.165, 1.54) is 25.9 Å². The summed E-state index contributed by atoms with van der Waals surface area (Å²) in [6, 6.07) is 7.36. The van der Waals surface area contributed by atoms with Gasteiger partial charge >= 0.3 is 29.7 Å². The lowest BCUT2D eigenvalue weighted by atomic mass is 10.0. The summed E-state index contributed by atoms with van der Waals surface area (Å²) in [7, 11) is 0. The third-order valence-corrected chi connectivity index (χ3v) is 8.50. The molecule has 0 saturated carbocycles. The molecule has 77 heavy (non-hydrogen) atoms. The lowest BCUT2D eigenvalue weighted by Gasteiger charge is -2.09. The number of carbonyl (C=O) groups is 3. The van der Waals surface area contributed by atoms with Gasteiger partial charge in [0.15, 0.2) is 0 Å². The monoisotopic (exact) mass is 1200 g/mol. The van der Waals surface area contributed by atoms with Gasteiger partial charge in [-0.2, -0.15) is 10.5 Å². The number of halogens is 5. The molecule has 0 radical (unpaired) electrons. The van der Waals surface area contributed by atoms with Gasteiger partial charge in [0, 0.05) is 24.2 Å². The highest BCUT2D eigenvalue weighted by molar-refractivity contribution is 8.24. The van der Waals surface area contributed by atoms with Crippen LogP contribution in [0.4, 0.5) is 5.82 Å². The Kier molecular flexibility index (Phi) is 42.8. The SMILES string of the molecule is C.CC(O)Cc1c(N)nc[nH]c1=O.CC1CC(C#N)C(=O)O1.CC1CO1.CCOC(=O)C(C#N)CC(C)O.Cc1cc2c(=O)[nH]cnc2[nH]1.Cc1cc2c(Cl)ncnc2[nH]1.Cl.N=CN.O=P(Cl)(Cl)Cl.[C-]#[N+]CC(=O)OCC. The molecular weight excluding hydrogens is 1140 g/mol. The maximum atomic E-state index is 11.1. The van der Waals surface area contributed by atoms with E-state index >= 15 is 0 Å². The third kappa shape index (κ3) is 37.9. The van der Waals surface area contributed by atoms with Crippen LogP contribution in [0.25, 0.3) is 26.9 Å². The van der Waals surface area contributed by atoms with Gasteiger partial charge < -0.3 is 65.4 Å². The Morgan fingerprint density at radius 3 is 1.83 bits per heavy atom. The molecule has 0 bridgehead atoms. The van der Waals surface area contributed by atoms with Gasteiger partial charge in [-0.1, -0.05) is 19.0 Å². The molecule has 2 aliphatic rings. The van der Waals surface area contributed by atoms with E-state index < -0.39 is 41.2 Å². The molecule has 26 nitrogen and oxygen atoms in total. The van der Waals surface area contributed by atoms with Gasteiger partial charge in [-0.3, -0.25) is 29.2 Å². The summed E-state index contributed by atoms with van der Waals surface area (Å²) < 4.78 is 28.0. The first-order valence-corrected chi connectivity index (χ1v) is 26.8. The number of aliphatic hydroxyl groups excluding tert-OH is 2. The Morgan fingerprint density at radius 1 is 0.961 bits per heavy atom. The number of aliphatic hydroxyl groups is 2. The van der Waals surface area contributed by atoms with Crippen LogP contribution in [0, 0.1) is 60.3 Å². The average Bonchev–Trinajstić information content (AvgIpc) is 3.66. The van der Waals surface area contributed by atoms with Gasteiger partial charge in [0.1, 0.15) is 46.5 Å². The van der Waals surface area contributed by atoms with Crippen LogP contribution in [0.3, 0.4) is 0 Å². The largest absolute Gasteiger partial charge is 0.465 e. The Balaban J connectivity index is -0.000000397. The van der Waals surface area contributed by atoms with Crippen LogP contribution in [0.15, 0.2) is 40.7 Å². The van der Waals surface area contributed by atoms with Crippen molar-refractivity contribution < 1.29 is 48.1 Å². The number of nitrogens with two attached hydrogens (primary N) is 2. The maximum absolute atomic E-state index is 11.1. The van der Waals surface area contributed by atoms with Gasteiger partial charge in [0.2, 0.25) is 0 Å². The van der Waals surface area contributed by atoms with Crippen LogP contribution in [-0.4, -0.2) is 125 Å². The van der Waals surface area contributed by atoms with E-state index in [0.717, 1.165) is 35.4 Å². The van der Waals surface area contributed by atoms with Crippen molar-refractivity contribution in [2.75, 3.05) is 32.1 Å². The highest BCUT2D eigenvalue weighted by Gasteiger charge is 2.31. The van der Waals surface area contributed by atoms with Crippen LogP contribution in [0.1, 0.15) is 78.8 Å². The standard InChI is InChI=1S/C8H13NO3.C7H6ClN3.C7H11N3O2.C7H7N3O.C6H7NO2.C5H7NO2.C3H6O.CH4N2.CH4.Cl3OP.ClH/c1-3-12-8(11)7(5-9)4-6(2)10;1-4-2-5-6(8)9-3-10-7(5)11-4;1-4(11)2-5-6(8)9-3-10-7(5)12;1-4-2-5-6(10-4)8-3-9-7(5)11;1-4-2-5(3-7)6(8)9-4;1-3-8-5(7)4-6-2;1-3-2-4-3;2-1-3;;1-5(2,3)4;/h6-7,10H,3-4H2,1-2H3;2-3H,1H3,(H,9,10,11);3-4,11H,2H2,1H3,(H3,8,9,10,12);2-3H,1H3,(H2,8,9,10,11);4-5H,2H2,1H3;3-4H2,1H3;3H,2H2,1H3;1H,(H3,2,3);1H4;;1H. The maximum Gasteiger partial charge on any atom is 0.387 e. The molecule has 2 fully saturated rings. The van der Waals surface area contributed by atoms with Crippen LogP contribution < -0.4 is 22.6 Å². The number of hydrogen-bond donors (Lipinski definition) is 9. The normalized spacial score (nSPS) is 15.0. The number of ether oxygens (including phenoxy) is 4. The minimum absolute atomic E-state index is 0. The Bertz CT molecular complexity index is 2810. The van der Waals surface area contributed by atoms with Gasteiger partial charge in [-0.25, -0.2) is 31.3 Å². The zero-order valence-corrected chi connectivity index (χ0v) is 47.2. The molecule has 2 aliphatic heterocycles. The number of esters is 3. The number of nitrogen functional groups attached to an aromatic ring is 1. The summed E-state index contributed by atoms with van der Waals surface area (Å²) in [5.74, 6) is -2.54. The van der Waals surface area contributed by atoms with Crippen molar-refractivity contribution in [3.8, 4) is 12.1 Å². The number of hydrogen-bond acceptors (Lipinski definition) is 20. The van der Waals surface area contributed by atoms with E-state index in [1.807, 2.05) is 26.0 Å². The second-order valence-corrected chi connectivity index (χ2v) is 22.0. The van der Waals surface area contributed by atoms with Crippen molar-refractivity contribution in [3.05, 3.63) is 85.3 Å². The van der Waals surface area contributed by atoms with E-state index in [9.17, 15) is 28.5 Å². The molecule has 2 saturated heterocycles. The molecule has 32 heteroatoms. The van der Waals surface area contributed by atoms with E-state index in [4.69, 9.17) is 59.5 Å². The number of epoxide rings is 1. The number of nitrogens with one attached hydrogen (secondary N) is 5. The summed E-state index contributed by atoms with van der Waals surface area (Å²) in [5.41, 5.74) is 13.2. The van der Waals surface area contributed by atoms with E-state index in [1.54, 1.807) is 39.8 Å². The molecule has 7 heterocycles. The molecule has 5 aromatic rings. The average molecular weight is 1200 g/mol. The van der Waals surface area contributed by atoms with Gasteiger partial charge in [0.25, 0.3) is 11.1 Å². The van der Waals surface area contributed by atoms with Crippen molar-refractivity contribution in [1.29, 1.82) is 15.9 Å². The first-order chi connectivity index (χ1) is 35.1. The highest BCUT2D eigenvalue weighted by Crippen LogP contribution is 2.61. The molecule has 0 spiro atoms. The van der Waals surface area contributed by atoms with Crippen molar-refractivity contribution in [1.82, 2.24) is 39.9 Å². The predicted molar refractivity (Wildman–Crippen MR) is 297 cm³/mol. The fourth-order valence-corrected chi connectivity index (χ4v) is 5.26. The number of nitrogens with zero attached hydrogens (tertiary/aromatic N) is 7. The summed E-state index contributed by atoms with van der Waals surface area (Å²) in [5, 5.41) is 39.4. The minimum Gasteiger partial charge on any atom is -0.465 e. The van der Waals surface area contributed by atoms with Gasteiger partial charge in [-0.05, 0) is 108 Å². The Hall–Kier alpha value is -6.37. The number of aryl methyl sites for hydroxylation is 2. The molecule has 11 N–H and O–H groups in total. The molecular formula is C45H66Cl5N14O12P. The predicted octanol–water partition coefficient (Wildman–Crippen LogP) is 6.97. The molecule has 7 rings (SSSR count). The molecule has 0 amide bonds. The molecule has 428 valence electrons. The summed E-state index contributed by atoms with van der Waals surface area (Å²) in [4.78, 5) is 83.2. The van der Waals surface area contributed by atoms with Crippen LogP contribution in [-0.2, 0) is 44.3 Å². The van der Waals surface area contributed by atoms with Crippen molar-refractivity contribution in [2.24, 2.45) is 17.6 Å². The lowest BCUT2D eigenvalue weighted by Crippen LogP contribution is -2.20. The van der Waals surface area contributed by atoms with E-state index in [-0.39, 0.29) is 74.8 Å². The second-order valence-electron chi connectivity index (χ2n) is 15.0. The Morgan fingerprint density at radius 2 is 1.45 bits per heavy atom. The number of rotatable bonds is 8. The van der Waals surface area contributed by atoms with Crippen LogP contribution in [0.5, 0.6) is 0 Å². The van der Waals surface area contributed by atoms with Crippen molar-refractivity contribution in [3.63, 3.8) is 0 Å². The first kappa shape index (κ1) is 77.1. The van der Waals surface area contributed by atoms with E-state index in [0.29, 0.717) is 40.9 Å². The zero-order valence-electron chi connectivity index (χ0n) is 42.5. The summed E-state index contributed by atoms with van der Waals surface area (Å²) in [6.07, 6.45) is 5.02. The van der Waals surface area contributed by atoms with Crippen molar-refractivity contribution >= 4 is 115 Å². The number of carbonyl (C=O) groups excluding carboxylic acids is 3. The summed E-state index contributed by atoms with van der Waals surface area (Å²) in [6.45, 7) is 21.9. The number of aromatic nitrogens is 8. The number of aromatic amines is 4. The zero-order chi connectivity index (χ0) is 57.8. The van der Waals surface area contributed by atoms with Crippen LogP contribution in [0.2, 0.25) is 5.15 Å². The number of fused-ring (bicyclic) bond motifs is 2. The number of H-pyrrole nitrogens is 4. The lowest BCUT2D eigenvalue weighted by molar-refractivity contribution is -0.147. The number of nitriles is 2. The fraction of sp³-hybridized carbons (Fsp3) is 0.489. The molecule has 0 aliphatic carbocycles. The molecule has 6 unspecified atom stereocenters. The third-order valence-electron chi connectivity index (χ3n) is 8.20. The van der Waals surface area contributed by atoms with E-state index in [2.05, 4.69) is 101 Å². The molecule has 0 aromatic carbocycles. The minimum atomic E-state index is -3.22. The van der Waals surface area contributed by atoms with Gasteiger partial charge in [-0.15, -0.1) is 12.4 Å².